The minimum atomic E-state index is -0.372. The summed E-state index contributed by atoms with van der Waals surface area (Å²) >= 11 is 0. The molecule has 1 amide bonds. The molecule has 0 aliphatic rings. The van der Waals surface area contributed by atoms with Gasteiger partial charge in [-0.25, -0.2) is 9.78 Å². The number of imidazole rings is 1. The first-order valence-corrected chi connectivity index (χ1v) is 10.8. The van der Waals surface area contributed by atoms with Gasteiger partial charge in [0.15, 0.2) is 5.69 Å². The Bertz CT molecular complexity index is 1060. The average Bonchev–Trinajstić information content (AvgIpc) is 3.15. The van der Waals surface area contributed by atoms with Crippen LogP contribution < -0.4 is 5.32 Å². The molecule has 0 bridgehead atoms. The number of benzene rings is 1. The van der Waals surface area contributed by atoms with Gasteiger partial charge >= 0.3 is 5.97 Å². The Morgan fingerprint density at radius 3 is 2.44 bits per heavy atom. The molecule has 1 aromatic carbocycles. The van der Waals surface area contributed by atoms with Crippen molar-refractivity contribution in [3.8, 4) is 0 Å². The Morgan fingerprint density at radius 2 is 1.78 bits per heavy atom. The van der Waals surface area contributed by atoms with Crippen LogP contribution in [0.5, 0.6) is 0 Å². The third kappa shape index (κ3) is 5.72. The lowest BCUT2D eigenvalue weighted by molar-refractivity contribution is 0.0466. The number of pyridine rings is 1. The topological polar surface area (TPSA) is 79.2 Å². The predicted molar refractivity (Wildman–Crippen MR) is 125 cm³/mol. The smallest absolute Gasteiger partial charge is 0.338 e. The van der Waals surface area contributed by atoms with Crippen LogP contribution in [0.15, 0.2) is 48.7 Å². The lowest BCUT2D eigenvalue weighted by atomic mass is 10.2. The lowest BCUT2D eigenvalue weighted by Crippen LogP contribution is -2.27. The molecule has 3 aromatic rings. The molecule has 8 heteroatoms. The standard InChI is InChI=1S/C24H31N5O3/c1-5-28(6-2)15-16-32-24(31)18-10-12-19(13-11-18)25-23(30)22-20(17-27(3)4)29-14-8-7-9-21(29)26-22/h7-14H,5-6,15-17H2,1-4H3,(H,25,30). The van der Waals surface area contributed by atoms with E-state index in [1.165, 1.54) is 0 Å². The Kier molecular flexibility index (Phi) is 7.97. The van der Waals surface area contributed by atoms with E-state index >= 15 is 0 Å². The molecule has 0 atom stereocenters. The van der Waals surface area contributed by atoms with Crippen LogP contribution in [0.1, 0.15) is 40.4 Å². The summed E-state index contributed by atoms with van der Waals surface area (Å²) in [7, 11) is 3.90. The molecule has 2 aromatic heterocycles. The number of likely N-dealkylation sites (N-methyl/N-ethyl adjacent to an activating group) is 1. The van der Waals surface area contributed by atoms with Gasteiger partial charge in [-0.2, -0.15) is 0 Å². The largest absolute Gasteiger partial charge is 0.461 e. The van der Waals surface area contributed by atoms with Crippen molar-refractivity contribution >= 4 is 23.2 Å². The normalized spacial score (nSPS) is 11.3. The van der Waals surface area contributed by atoms with Crippen LogP contribution in [0, 0.1) is 0 Å². The van der Waals surface area contributed by atoms with Crippen molar-refractivity contribution in [2.75, 3.05) is 45.7 Å². The SMILES string of the molecule is CCN(CC)CCOC(=O)c1ccc(NC(=O)c2nc3ccccn3c2CN(C)C)cc1. The van der Waals surface area contributed by atoms with Crippen molar-refractivity contribution < 1.29 is 14.3 Å². The van der Waals surface area contributed by atoms with Gasteiger partial charge in [0.2, 0.25) is 0 Å². The van der Waals surface area contributed by atoms with E-state index in [0.29, 0.717) is 36.6 Å². The molecule has 1 N–H and O–H groups in total. The number of rotatable bonds is 10. The highest BCUT2D eigenvalue weighted by atomic mass is 16.5. The van der Waals surface area contributed by atoms with E-state index in [-0.39, 0.29) is 11.9 Å². The number of aromatic nitrogens is 2. The highest BCUT2D eigenvalue weighted by Gasteiger charge is 2.19. The van der Waals surface area contributed by atoms with E-state index in [9.17, 15) is 9.59 Å². The molecule has 0 aliphatic carbocycles. The number of hydrogen-bond donors (Lipinski definition) is 1. The van der Waals surface area contributed by atoms with Gasteiger partial charge in [0.1, 0.15) is 12.3 Å². The molecule has 0 fully saturated rings. The van der Waals surface area contributed by atoms with Gasteiger partial charge in [-0.1, -0.05) is 19.9 Å². The Balaban J connectivity index is 1.67. The van der Waals surface area contributed by atoms with E-state index in [4.69, 9.17) is 4.74 Å². The van der Waals surface area contributed by atoms with E-state index in [0.717, 1.165) is 24.4 Å². The monoisotopic (exact) mass is 437 g/mol. The Morgan fingerprint density at radius 1 is 1.06 bits per heavy atom. The number of nitrogens with one attached hydrogen (secondary N) is 1. The fourth-order valence-electron chi connectivity index (χ4n) is 3.45. The second kappa shape index (κ2) is 10.9. The molecule has 0 saturated carbocycles. The third-order valence-electron chi connectivity index (χ3n) is 5.22. The van der Waals surface area contributed by atoms with Crippen molar-refractivity contribution in [1.82, 2.24) is 19.2 Å². The summed E-state index contributed by atoms with van der Waals surface area (Å²) in [5.74, 6) is -0.663. The number of hydrogen-bond acceptors (Lipinski definition) is 6. The quantitative estimate of drug-likeness (QED) is 0.491. The number of nitrogens with zero attached hydrogens (tertiary/aromatic N) is 4. The highest BCUT2D eigenvalue weighted by molar-refractivity contribution is 6.04. The van der Waals surface area contributed by atoms with Crippen LogP contribution >= 0.6 is 0 Å². The Hall–Kier alpha value is -3.23. The summed E-state index contributed by atoms with van der Waals surface area (Å²) in [6.07, 6.45) is 1.90. The number of ether oxygens (including phenoxy) is 1. The molecule has 0 aliphatic heterocycles. The number of anilines is 1. The predicted octanol–water partition coefficient (Wildman–Crippen LogP) is 3.15. The summed E-state index contributed by atoms with van der Waals surface area (Å²) in [6.45, 7) is 7.63. The molecule has 0 saturated heterocycles. The fourth-order valence-corrected chi connectivity index (χ4v) is 3.45. The maximum atomic E-state index is 13.0. The molecule has 32 heavy (non-hydrogen) atoms. The van der Waals surface area contributed by atoms with E-state index in [1.54, 1.807) is 24.3 Å². The van der Waals surface area contributed by atoms with Gasteiger partial charge < -0.3 is 24.3 Å². The molecule has 3 rings (SSSR count). The van der Waals surface area contributed by atoms with Crippen molar-refractivity contribution in [2.24, 2.45) is 0 Å². The minimum Gasteiger partial charge on any atom is -0.461 e. The van der Waals surface area contributed by atoms with Crippen LogP contribution in [0.25, 0.3) is 5.65 Å². The van der Waals surface area contributed by atoms with Crippen LogP contribution in [0.2, 0.25) is 0 Å². The zero-order chi connectivity index (χ0) is 23.1. The number of carbonyl (C=O) groups excluding carboxylic acids is 2. The molecule has 0 radical (unpaired) electrons. The van der Waals surface area contributed by atoms with Crippen LogP contribution in [-0.2, 0) is 11.3 Å². The molecular weight excluding hydrogens is 406 g/mol. The number of esters is 1. The lowest BCUT2D eigenvalue weighted by Gasteiger charge is -2.17. The number of carbonyl (C=O) groups is 2. The summed E-state index contributed by atoms with van der Waals surface area (Å²) in [4.78, 5) is 33.9. The van der Waals surface area contributed by atoms with Gasteiger partial charge in [-0.15, -0.1) is 0 Å². The van der Waals surface area contributed by atoms with Crippen LogP contribution in [0.3, 0.4) is 0 Å². The third-order valence-corrected chi connectivity index (χ3v) is 5.22. The second-order valence-electron chi connectivity index (χ2n) is 7.77. The van der Waals surface area contributed by atoms with Gasteiger partial charge in [-0.05, 0) is 63.6 Å². The van der Waals surface area contributed by atoms with Crippen molar-refractivity contribution in [3.05, 3.63) is 65.6 Å². The number of amides is 1. The van der Waals surface area contributed by atoms with Gasteiger partial charge in [-0.3, -0.25) is 4.79 Å². The summed E-state index contributed by atoms with van der Waals surface area (Å²) in [5.41, 5.74) is 2.95. The van der Waals surface area contributed by atoms with Crippen molar-refractivity contribution in [3.63, 3.8) is 0 Å². The van der Waals surface area contributed by atoms with Crippen LogP contribution in [0.4, 0.5) is 5.69 Å². The number of fused-ring (bicyclic) bond motifs is 1. The molecule has 0 unspecified atom stereocenters. The summed E-state index contributed by atoms with van der Waals surface area (Å²) in [6, 6.07) is 12.4. The fraction of sp³-hybridized carbons (Fsp3) is 0.375. The average molecular weight is 438 g/mol. The molecular formula is C24H31N5O3. The summed E-state index contributed by atoms with van der Waals surface area (Å²) in [5, 5.41) is 2.88. The minimum absolute atomic E-state index is 0.292. The van der Waals surface area contributed by atoms with Gasteiger partial charge in [0, 0.05) is 25.0 Å². The maximum absolute atomic E-state index is 13.0. The maximum Gasteiger partial charge on any atom is 0.338 e. The Labute approximate surface area is 188 Å². The first kappa shape index (κ1) is 23.4. The van der Waals surface area contributed by atoms with E-state index in [2.05, 4.69) is 29.0 Å². The molecule has 8 nitrogen and oxygen atoms in total. The van der Waals surface area contributed by atoms with Gasteiger partial charge in [0.25, 0.3) is 5.91 Å². The van der Waals surface area contributed by atoms with Crippen molar-refractivity contribution in [1.29, 1.82) is 0 Å². The zero-order valence-electron chi connectivity index (χ0n) is 19.2. The second-order valence-corrected chi connectivity index (χ2v) is 7.77. The van der Waals surface area contributed by atoms with Crippen LogP contribution in [-0.4, -0.2) is 71.4 Å². The van der Waals surface area contributed by atoms with Gasteiger partial charge in [0.05, 0.1) is 11.3 Å². The first-order chi connectivity index (χ1) is 15.4. The first-order valence-electron chi connectivity index (χ1n) is 10.8. The van der Waals surface area contributed by atoms with Crippen molar-refractivity contribution in [2.45, 2.75) is 20.4 Å². The summed E-state index contributed by atoms with van der Waals surface area (Å²) < 4.78 is 7.28. The highest BCUT2D eigenvalue weighted by Crippen LogP contribution is 2.17. The molecule has 170 valence electrons. The molecule has 0 spiro atoms. The van der Waals surface area contributed by atoms with E-state index in [1.807, 2.05) is 47.8 Å². The molecule has 2 heterocycles. The van der Waals surface area contributed by atoms with E-state index < -0.39 is 0 Å². The zero-order valence-corrected chi connectivity index (χ0v) is 19.2.